The quantitative estimate of drug-likeness (QED) is 0.809. The molecule has 126 valence electrons. The Bertz CT molecular complexity index is 749. The molecule has 1 atom stereocenters. The molecule has 2 aromatic rings. The number of H-pyrrole nitrogens is 1. The number of aromatic nitrogens is 2. The van der Waals surface area contributed by atoms with Crippen LogP contribution in [0.5, 0.6) is 5.75 Å². The number of aromatic amines is 1. The van der Waals surface area contributed by atoms with Crippen molar-refractivity contribution in [1.82, 2.24) is 15.3 Å². The molecule has 3 N–H and O–H groups in total. The van der Waals surface area contributed by atoms with Crippen LogP contribution in [-0.2, 0) is 16.8 Å². The van der Waals surface area contributed by atoms with E-state index in [4.69, 9.17) is 4.74 Å². The summed E-state index contributed by atoms with van der Waals surface area (Å²) in [6, 6.07) is 7.17. The number of nitrogens with zero attached hydrogens (tertiary/aromatic N) is 1. The van der Waals surface area contributed by atoms with Crippen molar-refractivity contribution in [2.45, 2.75) is 43.7 Å². The molecule has 0 bridgehead atoms. The monoisotopic (exact) mass is 326 g/mol. The predicted molar refractivity (Wildman–Crippen MR) is 91.0 cm³/mol. The average Bonchev–Trinajstić information content (AvgIpc) is 3.25. The smallest absolute Gasteiger partial charge is 0.241 e. The molecule has 2 heterocycles. The zero-order valence-corrected chi connectivity index (χ0v) is 13.8. The van der Waals surface area contributed by atoms with Crippen LogP contribution >= 0.6 is 0 Å². The van der Waals surface area contributed by atoms with E-state index >= 15 is 0 Å². The summed E-state index contributed by atoms with van der Waals surface area (Å²) in [5.74, 6) is 0.710. The van der Waals surface area contributed by atoms with Crippen LogP contribution in [0, 0.1) is 0 Å². The SMILES string of the molecule is COc1cccc(NC(=O)[C@@H]2Cc3[nH]cnc3C3(CCCC3)N2)c1. The molecule has 0 unspecified atom stereocenters. The first-order valence-corrected chi connectivity index (χ1v) is 8.45. The molecule has 1 aliphatic heterocycles. The van der Waals surface area contributed by atoms with Gasteiger partial charge >= 0.3 is 0 Å². The van der Waals surface area contributed by atoms with Crippen LogP contribution < -0.4 is 15.4 Å². The fourth-order valence-corrected chi connectivity index (χ4v) is 3.99. The maximum atomic E-state index is 12.8. The van der Waals surface area contributed by atoms with Gasteiger partial charge in [-0.05, 0) is 25.0 Å². The molecule has 0 radical (unpaired) electrons. The Labute approximate surface area is 141 Å². The number of hydrogen-bond acceptors (Lipinski definition) is 4. The predicted octanol–water partition coefficient (Wildman–Crippen LogP) is 2.34. The number of nitrogens with one attached hydrogen (secondary N) is 3. The summed E-state index contributed by atoms with van der Waals surface area (Å²) >= 11 is 0. The average molecular weight is 326 g/mol. The Morgan fingerprint density at radius 3 is 3.00 bits per heavy atom. The van der Waals surface area contributed by atoms with Crippen LogP contribution in [0.1, 0.15) is 37.1 Å². The Hall–Kier alpha value is -2.34. The number of amides is 1. The molecule has 6 heteroatoms. The highest BCUT2D eigenvalue weighted by molar-refractivity contribution is 5.95. The number of fused-ring (bicyclic) bond motifs is 2. The number of carbonyl (C=O) groups is 1. The molecule has 1 aromatic carbocycles. The van der Waals surface area contributed by atoms with E-state index < -0.39 is 0 Å². The first kappa shape index (κ1) is 15.2. The van der Waals surface area contributed by atoms with E-state index in [0.29, 0.717) is 6.42 Å². The Morgan fingerprint density at radius 1 is 1.38 bits per heavy atom. The van der Waals surface area contributed by atoms with Gasteiger partial charge in [0.05, 0.1) is 30.7 Å². The zero-order valence-electron chi connectivity index (χ0n) is 13.8. The van der Waals surface area contributed by atoms with Crippen molar-refractivity contribution in [3.05, 3.63) is 42.0 Å². The summed E-state index contributed by atoms with van der Waals surface area (Å²) < 4.78 is 5.21. The van der Waals surface area contributed by atoms with E-state index in [1.54, 1.807) is 13.4 Å². The van der Waals surface area contributed by atoms with Gasteiger partial charge in [0, 0.05) is 23.9 Å². The normalized spacial score (nSPS) is 21.5. The van der Waals surface area contributed by atoms with Crippen molar-refractivity contribution in [3.8, 4) is 5.75 Å². The van der Waals surface area contributed by atoms with E-state index in [1.165, 1.54) is 12.8 Å². The lowest BCUT2D eigenvalue weighted by Crippen LogP contribution is -2.56. The van der Waals surface area contributed by atoms with Gasteiger partial charge in [-0.15, -0.1) is 0 Å². The molecule has 1 spiro atoms. The molecular weight excluding hydrogens is 304 g/mol. The lowest BCUT2D eigenvalue weighted by atomic mass is 9.84. The van der Waals surface area contributed by atoms with Gasteiger partial charge in [0.25, 0.3) is 0 Å². The molecule has 1 saturated carbocycles. The Kier molecular flexibility index (Phi) is 3.76. The highest BCUT2D eigenvalue weighted by Crippen LogP contribution is 2.42. The maximum absolute atomic E-state index is 12.8. The molecule has 1 fully saturated rings. The number of methoxy groups -OCH3 is 1. The number of ether oxygens (including phenoxy) is 1. The molecular formula is C18H22N4O2. The van der Waals surface area contributed by atoms with Crippen molar-refractivity contribution < 1.29 is 9.53 Å². The van der Waals surface area contributed by atoms with Crippen LogP contribution in [0.15, 0.2) is 30.6 Å². The summed E-state index contributed by atoms with van der Waals surface area (Å²) in [4.78, 5) is 20.5. The molecule has 0 saturated heterocycles. The number of rotatable bonds is 3. The van der Waals surface area contributed by atoms with Crippen molar-refractivity contribution >= 4 is 11.6 Å². The van der Waals surface area contributed by atoms with Gasteiger partial charge in [0.2, 0.25) is 5.91 Å². The number of carbonyl (C=O) groups excluding carboxylic acids is 1. The van der Waals surface area contributed by atoms with Crippen LogP contribution in [0.25, 0.3) is 0 Å². The number of anilines is 1. The third kappa shape index (κ3) is 2.57. The second kappa shape index (κ2) is 5.94. The largest absolute Gasteiger partial charge is 0.497 e. The highest BCUT2D eigenvalue weighted by Gasteiger charge is 2.45. The van der Waals surface area contributed by atoms with Crippen LogP contribution in [0.2, 0.25) is 0 Å². The van der Waals surface area contributed by atoms with Crippen molar-refractivity contribution in [1.29, 1.82) is 0 Å². The van der Waals surface area contributed by atoms with E-state index in [1.807, 2.05) is 24.3 Å². The van der Waals surface area contributed by atoms with Crippen molar-refractivity contribution in [3.63, 3.8) is 0 Å². The summed E-state index contributed by atoms with van der Waals surface area (Å²) in [5, 5.41) is 6.59. The molecule has 6 nitrogen and oxygen atoms in total. The minimum atomic E-state index is -0.262. The number of benzene rings is 1. The number of hydrogen-bond donors (Lipinski definition) is 3. The van der Waals surface area contributed by atoms with E-state index in [2.05, 4.69) is 20.6 Å². The van der Waals surface area contributed by atoms with E-state index in [9.17, 15) is 4.79 Å². The van der Waals surface area contributed by atoms with Crippen LogP contribution in [-0.4, -0.2) is 29.0 Å². The van der Waals surface area contributed by atoms with Crippen molar-refractivity contribution in [2.75, 3.05) is 12.4 Å². The molecule has 1 aromatic heterocycles. The molecule has 24 heavy (non-hydrogen) atoms. The molecule has 1 amide bonds. The van der Waals surface area contributed by atoms with Crippen LogP contribution in [0.3, 0.4) is 0 Å². The van der Waals surface area contributed by atoms with Gasteiger partial charge in [0.1, 0.15) is 5.75 Å². The highest BCUT2D eigenvalue weighted by atomic mass is 16.5. The molecule has 4 rings (SSSR count). The zero-order chi connectivity index (χ0) is 16.6. The topological polar surface area (TPSA) is 79.0 Å². The van der Waals surface area contributed by atoms with Crippen molar-refractivity contribution in [2.24, 2.45) is 0 Å². The van der Waals surface area contributed by atoms with E-state index in [-0.39, 0.29) is 17.5 Å². The van der Waals surface area contributed by atoms with Gasteiger partial charge < -0.3 is 15.0 Å². The summed E-state index contributed by atoms with van der Waals surface area (Å²) in [7, 11) is 1.62. The third-order valence-electron chi connectivity index (χ3n) is 5.14. The third-order valence-corrected chi connectivity index (χ3v) is 5.14. The summed E-state index contributed by atoms with van der Waals surface area (Å²) in [6.07, 6.45) is 6.79. The standard InChI is InChI=1S/C18H22N4O2/c1-24-13-6-4-5-12(9-13)21-17(23)15-10-14-16(20-11-19-14)18(22-15)7-2-3-8-18/h4-6,9,11,15,22H,2-3,7-8,10H2,1H3,(H,19,20)(H,21,23)/t15-/m0/s1. The maximum Gasteiger partial charge on any atom is 0.241 e. The first-order valence-electron chi connectivity index (χ1n) is 8.45. The molecule has 2 aliphatic rings. The van der Waals surface area contributed by atoms with Crippen LogP contribution in [0.4, 0.5) is 5.69 Å². The minimum absolute atomic E-state index is 0.0187. The molecule has 1 aliphatic carbocycles. The van der Waals surface area contributed by atoms with Gasteiger partial charge in [-0.2, -0.15) is 0 Å². The summed E-state index contributed by atoms with van der Waals surface area (Å²) in [6.45, 7) is 0. The van der Waals surface area contributed by atoms with Gasteiger partial charge in [0.15, 0.2) is 0 Å². The lowest BCUT2D eigenvalue weighted by Gasteiger charge is -2.38. The summed E-state index contributed by atoms with van der Waals surface area (Å²) in [5.41, 5.74) is 2.79. The Morgan fingerprint density at radius 2 is 2.21 bits per heavy atom. The van der Waals surface area contributed by atoms with Gasteiger partial charge in [-0.25, -0.2) is 4.98 Å². The van der Waals surface area contributed by atoms with Gasteiger partial charge in [-0.1, -0.05) is 18.9 Å². The number of imidazole rings is 1. The second-order valence-corrected chi connectivity index (χ2v) is 6.64. The Balaban J connectivity index is 1.55. The van der Waals surface area contributed by atoms with E-state index in [0.717, 1.165) is 35.7 Å². The fourth-order valence-electron chi connectivity index (χ4n) is 3.99. The second-order valence-electron chi connectivity index (χ2n) is 6.64. The first-order chi connectivity index (χ1) is 11.7. The fraction of sp³-hybridized carbons (Fsp3) is 0.444. The lowest BCUT2D eigenvalue weighted by molar-refractivity contribution is -0.119. The minimum Gasteiger partial charge on any atom is -0.497 e. The van der Waals surface area contributed by atoms with Gasteiger partial charge in [-0.3, -0.25) is 10.1 Å².